The highest BCUT2D eigenvalue weighted by molar-refractivity contribution is 9.10. The Bertz CT molecular complexity index is 646. The summed E-state index contributed by atoms with van der Waals surface area (Å²) in [6.07, 6.45) is 4.84. The van der Waals surface area contributed by atoms with Gasteiger partial charge in [-0.2, -0.15) is 0 Å². The van der Waals surface area contributed by atoms with E-state index < -0.39 is 0 Å². The van der Waals surface area contributed by atoms with Crippen LogP contribution >= 0.6 is 27.5 Å². The van der Waals surface area contributed by atoms with Crippen molar-refractivity contribution in [1.29, 1.82) is 0 Å². The maximum atomic E-state index is 11.6. The van der Waals surface area contributed by atoms with Crippen LogP contribution in [0.3, 0.4) is 0 Å². The molecule has 0 spiro atoms. The third kappa shape index (κ3) is 4.36. The van der Waals surface area contributed by atoms with Gasteiger partial charge in [-0.05, 0) is 29.8 Å². The van der Waals surface area contributed by atoms with Crippen molar-refractivity contribution in [3.63, 3.8) is 0 Å². The number of halogens is 2. The number of hydrogen-bond acceptors (Lipinski definition) is 2. The van der Waals surface area contributed by atoms with Gasteiger partial charge in [0.1, 0.15) is 5.82 Å². The maximum Gasteiger partial charge on any atom is 0.324 e. The first-order chi connectivity index (χ1) is 9.65. The number of amides is 2. The molecule has 0 radical (unpaired) electrons. The van der Waals surface area contributed by atoms with Gasteiger partial charge in [-0.1, -0.05) is 45.7 Å². The van der Waals surface area contributed by atoms with Crippen molar-refractivity contribution in [1.82, 2.24) is 10.3 Å². The third-order valence-corrected chi connectivity index (χ3v) is 3.18. The average Bonchev–Trinajstić information content (AvgIpc) is 2.41. The minimum Gasteiger partial charge on any atom is -0.314 e. The first-order valence-electron chi connectivity index (χ1n) is 5.75. The molecule has 2 N–H and O–H groups in total. The number of carbonyl (C=O) groups excluding carboxylic acids is 1. The van der Waals surface area contributed by atoms with Gasteiger partial charge in [0.15, 0.2) is 0 Å². The smallest absolute Gasteiger partial charge is 0.314 e. The second-order valence-electron chi connectivity index (χ2n) is 3.81. The third-order valence-electron chi connectivity index (χ3n) is 2.35. The molecular weight excluding hydrogens is 342 g/mol. The minimum atomic E-state index is -0.376. The number of nitrogens with one attached hydrogen (secondary N) is 2. The summed E-state index contributed by atoms with van der Waals surface area (Å²) >= 11 is 9.29. The number of anilines is 1. The van der Waals surface area contributed by atoms with E-state index in [9.17, 15) is 4.79 Å². The highest BCUT2D eigenvalue weighted by atomic mass is 79.9. The van der Waals surface area contributed by atoms with Crippen LogP contribution in [0.5, 0.6) is 0 Å². The highest BCUT2D eigenvalue weighted by Gasteiger charge is 2.00. The molecule has 0 atom stereocenters. The van der Waals surface area contributed by atoms with Crippen LogP contribution in [0.2, 0.25) is 5.02 Å². The molecule has 1 heterocycles. The Balaban J connectivity index is 1.91. The quantitative estimate of drug-likeness (QED) is 0.866. The van der Waals surface area contributed by atoms with Crippen LogP contribution in [0.25, 0.3) is 6.08 Å². The Kier molecular flexibility index (Phi) is 5.15. The fourth-order valence-corrected chi connectivity index (χ4v) is 1.98. The maximum absolute atomic E-state index is 11.6. The van der Waals surface area contributed by atoms with Crippen LogP contribution in [-0.4, -0.2) is 11.0 Å². The van der Waals surface area contributed by atoms with Gasteiger partial charge in [-0.15, -0.1) is 0 Å². The zero-order valence-corrected chi connectivity index (χ0v) is 12.6. The molecule has 6 heteroatoms. The van der Waals surface area contributed by atoms with E-state index in [0.29, 0.717) is 10.8 Å². The highest BCUT2D eigenvalue weighted by Crippen LogP contribution is 2.16. The monoisotopic (exact) mass is 351 g/mol. The Hall–Kier alpha value is -1.85. The van der Waals surface area contributed by atoms with Crippen molar-refractivity contribution in [3.05, 3.63) is 63.9 Å². The summed E-state index contributed by atoms with van der Waals surface area (Å²) in [6.45, 7) is 0. The molecule has 0 aliphatic rings. The van der Waals surface area contributed by atoms with Crippen molar-refractivity contribution < 1.29 is 4.79 Å². The largest absolute Gasteiger partial charge is 0.324 e. The fraction of sp³-hybridized carbons (Fsp3) is 0. The van der Waals surface area contributed by atoms with Gasteiger partial charge in [0.25, 0.3) is 0 Å². The SMILES string of the molecule is O=C(N/C=C/c1ccccc1Cl)Nc1cc(Br)ccn1. The summed E-state index contributed by atoms with van der Waals surface area (Å²) in [5, 5.41) is 5.81. The van der Waals surface area contributed by atoms with Crippen molar-refractivity contribution in [2.75, 3.05) is 5.32 Å². The Labute approximate surface area is 130 Å². The number of hydrogen-bond donors (Lipinski definition) is 2. The lowest BCUT2D eigenvalue weighted by Crippen LogP contribution is -2.24. The minimum absolute atomic E-state index is 0.376. The van der Waals surface area contributed by atoms with Crippen LogP contribution in [0.1, 0.15) is 5.56 Å². The van der Waals surface area contributed by atoms with Crippen molar-refractivity contribution in [2.24, 2.45) is 0 Å². The molecule has 4 nitrogen and oxygen atoms in total. The summed E-state index contributed by atoms with van der Waals surface area (Å²) in [6, 6.07) is 10.5. The van der Waals surface area contributed by atoms with E-state index in [4.69, 9.17) is 11.6 Å². The Morgan fingerprint density at radius 2 is 2.10 bits per heavy atom. The molecule has 2 amide bonds. The molecule has 20 heavy (non-hydrogen) atoms. The van der Waals surface area contributed by atoms with E-state index in [2.05, 4.69) is 31.5 Å². The van der Waals surface area contributed by atoms with Crippen molar-refractivity contribution >= 4 is 45.5 Å². The summed E-state index contributed by atoms with van der Waals surface area (Å²) in [5.74, 6) is 0.461. The number of benzene rings is 1. The fourth-order valence-electron chi connectivity index (χ4n) is 1.44. The first-order valence-corrected chi connectivity index (χ1v) is 6.92. The van der Waals surface area contributed by atoms with Crippen molar-refractivity contribution in [2.45, 2.75) is 0 Å². The zero-order valence-electron chi connectivity index (χ0n) is 10.3. The summed E-state index contributed by atoms with van der Waals surface area (Å²) in [5.41, 5.74) is 0.829. The number of pyridine rings is 1. The van der Waals surface area contributed by atoms with Gasteiger partial charge < -0.3 is 5.32 Å². The summed E-state index contributed by atoms with van der Waals surface area (Å²) < 4.78 is 0.842. The van der Waals surface area contributed by atoms with E-state index in [1.807, 2.05) is 18.2 Å². The van der Waals surface area contributed by atoms with E-state index in [1.54, 1.807) is 30.5 Å². The van der Waals surface area contributed by atoms with Crippen molar-refractivity contribution in [3.8, 4) is 0 Å². The normalized spacial score (nSPS) is 10.5. The molecular formula is C14H11BrClN3O. The molecule has 0 aliphatic carbocycles. The van der Waals surface area contributed by atoms with Crippen LogP contribution in [0.15, 0.2) is 53.3 Å². The van der Waals surface area contributed by atoms with E-state index in [0.717, 1.165) is 10.0 Å². The molecule has 0 saturated carbocycles. The lowest BCUT2D eigenvalue weighted by molar-refractivity contribution is 0.255. The van der Waals surface area contributed by atoms with Crippen LogP contribution in [-0.2, 0) is 0 Å². The number of urea groups is 1. The number of nitrogens with zero attached hydrogens (tertiary/aromatic N) is 1. The lowest BCUT2D eigenvalue weighted by Gasteiger charge is -2.03. The second-order valence-corrected chi connectivity index (χ2v) is 5.14. The molecule has 0 bridgehead atoms. The molecule has 0 unspecified atom stereocenters. The van der Waals surface area contributed by atoms with Gasteiger partial charge >= 0.3 is 6.03 Å². The molecule has 2 rings (SSSR count). The Morgan fingerprint density at radius 1 is 1.30 bits per heavy atom. The van der Waals surface area contributed by atoms with Crippen LogP contribution in [0.4, 0.5) is 10.6 Å². The van der Waals surface area contributed by atoms with E-state index in [1.165, 1.54) is 6.20 Å². The van der Waals surface area contributed by atoms with E-state index >= 15 is 0 Å². The molecule has 102 valence electrons. The number of aromatic nitrogens is 1. The van der Waals surface area contributed by atoms with Gasteiger partial charge in [0.2, 0.25) is 0 Å². The van der Waals surface area contributed by atoms with Crippen LogP contribution in [0, 0.1) is 0 Å². The van der Waals surface area contributed by atoms with Gasteiger partial charge in [-0.3, -0.25) is 5.32 Å². The Morgan fingerprint density at radius 3 is 2.85 bits per heavy atom. The second kappa shape index (κ2) is 7.07. The average molecular weight is 353 g/mol. The van der Waals surface area contributed by atoms with Gasteiger partial charge in [-0.25, -0.2) is 9.78 Å². The standard InChI is InChI=1S/C14H11BrClN3O/c15-11-6-8-17-13(9-11)19-14(20)18-7-5-10-3-1-2-4-12(10)16/h1-9H,(H2,17,18,19,20)/b7-5+. The zero-order chi connectivity index (χ0) is 14.4. The van der Waals surface area contributed by atoms with Gasteiger partial charge in [0, 0.05) is 21.9 Å². The number of rotatable bonds is 3. The van der Waals surface area contributed by atoms with Crippen LogP contribution < -0.4 is 10.6 Å². The lowest BCUT2D eigenvalue weighted by atomic mass is 10.2. The molecule has 0 aliphatic heterocycles. The summed E-state index contributed by atoms with van der Waals surface area (Å²) in [7, 11) is 0. The predicted octanol–water partition coefficient (Wildman–Crippen LogP) is 4.29. The summed E-state index contributed by atoms with van der Waals surface area (Å²) in [4.78, 5) is 15.6. The molecule has 1 aromatic heterocycles. The molecule has 0 saturated heterocycles. The topological polar surface area (TPSA) is 54.0 Å². The van der Waals surface area contributed by atoms with E-state index in [-0.39, 0.29) is 6.03 Å². The molecule has 2 aromatic rings. The number of carbonyl (C=O) groups is 1. The molecule has 1 aromatic carbocycles. The predicted molar refractivity (Wildman–Crippen MR) is 84.6 cm³/mol. The van der Waals surface area contributed by atoms with Gasteiger partial charge in [0.05, 0.1) is 0 Å². The molecule has 0 fully saturated rings. The first kappa shape index (κ1) is 14.6.